The number of fused-ring (bicyclic) bond motifs is 1. The van der Waals surface area contributed by atoms with Crippen LogP contribution in [-0.4, -0.2) is 11.1 Å². The summed E-state index contributed by atoms with van der Waals surface area (Å²) in [5, 5.41) is 9.86. The van der Waals surface area contributed by atoms with Crippen LogP contribution in [0.25, 0.3) is 11.0 Å². The summed E-state index contributed by atoms with van der Waals surface area (Å²) in [5.74, 6) is -0.398. The average molecular weight is 447 g/mol. The van der Waals surface area contributed by atoms with Crippen molar-refractivity contribution >= 4 is 40.1 Å². The van der Waals surface area contributed by atoms with Crippen molar-refractivity contribution < 1.29 is 28.2 Å². The highest BCUT2D eigenvalue weighted by atomic mass is 35.5. The molecule has 0 aliphatic carbocycles. The van der Waals surface area contributed by atoms with E-state index in [-0.39, 0.29) is 34.8 Å². The van der Waals surface area contributed by atoms with Gasteiger partial charge in [-0.15, -0.1) is 0 Å². The highest BCUT2D eigenvalue weighted by molar-refractivity contribution is 6.34. The summed E-state index contributed by atoms with van der Waals surface area (Å²) in [4.78, 5) is 23.6. The number of halogens is 2. The Morgan fingerprint density at radius 3 is 2.63 bits per heavy atom. The molecule has 0 saturated heterocycles. The number of carboxylic acids is 1. The van der Waals surface area contributed by atoms with Crippen LogP contribution >= 0.6 is 23.2 Å². The summed E-state index contributed by atoms with van der Waals surface area (Å²) in [6.45, 7) is 0.0114. The SMILES string of the molecule is O=C(O)c1ccc(COc2ccc3c(=O)c(Oc4cc(Cl)ccc4Cl)coc3c2)o1. The molecule has 2 heterocycles. The molecule has 0 atom stereocenters. The van der Waals surface area contributed by atoms with Crippen LogP contribution in [0.15, 0.2) is 68.4 Å². The Bertz CT molecular complexity index is 1310. The average Bonchev–Trinajstić information content (AvgIpc) is 3.20. The van der Waals surface area contributed by atoms with E-state index in [4.69, 9.17) is 46.6 Å². The van der Waals surface area contributed by atoms with Crippen LogP contribution in [0.2, 0.25) is 10.0 Å². The van der Waals surface area contributed by atoms with Gasteiger partial charge in [-0.3, -0.25) is 4.79 Å². The Kier molecular flexibility index (Phi) is 5.39. The second-order valence-electron chi connectivity index (χ2n) is 6.12. The molecular formula is C21H12Cl2O7. The van der Waals surface area contributed by atoms with E-state index >= 15 is 0 Å². The van der Waals surface area contributed by atoms with E-state index in [0.717, 1.165) is 0 Å². The maximum atomic E-state index is 12.7. The van der Waals surface area contributed by atoms with Crippen molar-refractivity contribution in [1.82, 2.24) is 0 Å². The van der Waals surface area contributed by atoms with Crippen molar-refractivity contribution in [1.29, 1.82) is 0 Å². The Labute approximate surface area is 179 Å². The number of carbonyl (C=O) groups is 1. The summed E-state index contributed by atoms with van der Waals surface area (Å²) in [5.41, 5.74) is -0.108. The van der Waals surface area contributed by atoms with E-state index in [0.29, 0.717) is 21.6 Å². The Balaban J connectivity index is 1.55. The molecular weight excluding hydrogens is 435 g/mol. The molecule has 0 radical (unpaired) electrons. The highest BCUT2D eigenvalue weighted by Gasteiger charge is 2.13. The Morgan fingerprint density at radius 1 is 1.03 bits per heavy atom. The molecule has 30 heavy (non-hydrogen) atoms. The Morgan fingerprint density at radius 2 is 1.87 bits per heavy atom. The zero-order valence-electron chi connectivity index (χ0n) is 15.1. The van der Waals surface area contributed by atoms with Crippen LogP contribution in [0.4, 0.5) is 0 Å². The molecule has 1 N–H and O–H groups in total. The monoisotopic (exact) mass is 446 g/mol. The van der Waals surface area contributed by atoms with Gasteiger partial charge in [-0.05, 0) is 36.4 Å². The fourth-order valence-corrected chi connectivity index (χ4v) is 2.97. The van der Waals surface area contributed by atoms with E-state index in [2.05, 4.69) is 0 Å². The van der Waals surface area contributed by atoms with Gasteiger partial charge in [-0.25, -0.2) is 4.79 Å². The van der Waals surface area contributed by atoms with Gasteiger partial charge < -0.3 is 23.4 Å². The molecule has 0 aliphatic rings. The maximum Gasteiger partial charge on any atom is 0.371 e. The number of benzene rings is 2. The first-order chi connectivity index (χ1) is 14.4. The van der Waals surface area contributed by atoms with Crippen LogP contribution in [0.3, 0.4) is 0 Å². The number of rotatable bonds is 6. The molecule has 0 saturated carbocycles. The van der Waals surface area contributed by atoms with Crippen LogP contribution in [0, 0.1) is 0 Å². The molecule has 0 bridgehead atoms. The van der Waals surface area contributed by atoms with Gasteiger partial charge in [0.25, 0.3) is 0 Å². The maximum absolute atomic E-state index is 12.7. The lowest BCUT2D eigenvalue weighted by Crippen LogP contribution is -2.05. The van der Waals surface area contributed by atoms with Crippen LogP contribution in [0.5, 0.6) is 17.2 Å². The molecule has 152 valence electrons. The van der Waals surface area contributed by atoms with Gasteiger partial charge >= 0.3 is 5.97 Å². The Hall–Kier alpha value is -3.42. The topological polar surface area (TPSA) is 99.1 Å². The molecule has 0 aliphatic heterocycles. The first-order valence-electron chi connectivity index (χ1n) is 8.54. The van der Waals surface area contributed by atoms with Gasteiger partial charge in [-0.1, -0.05) is 23.2 Å². The summed E-state index contributed by atoms with van der Waals surface area (Å²) in [6.07, 6.45) is 1.18. The van der Waals surface area contributed by atoms with Crippen molar-refractivity contribution in [2.45, 2.75) is 6.61 Å². The summed E-state index contributed by atoms with van der Waals surface area (Å²) >= 11 is 12.0. The van der Waals surface area contributed by atoms with E-state index < -0.39 is 11.4 Å². The molecule has 2 aromatic carbocycles. The van der Waals surface area contributed by atoms with E-state index in [1.165, 1.54) is 36.6 Å². The van der Waals surface area contributed by atoms with Gasteiger partial charge in [-0.2, -0.15) is 0 Å². The van der Waals surface area contributed by atoms with Crippen molar-refractivity contribution in [2.75, 3.05) is 0 Å². The molecule has 4 aromatic rings. The highest BCUT2D eigenvalue weighted by Crippen LogP contribution is 2.31. The summed E-state index contributed by atoms with van der Waals surface area (Å²) in [7, 11) is 0. The number of aromatic carboxylic acids is 1. The minimum atomic E-state index is -1.16. The quantitative estimate of drug-likeness (QED) is 0.401. The number of furan rings is 1. The molecule has 7 nitrogen and oxygen atoms in total. The third-order valence-electron chi connectivity index (χ3n) is 4.08. The predicted molar refractivity (Wildman–Crippen MR) is 109 cm³/mol. The molecule has 0 spiro atoms. The molecule has 0 fully saturated rings. The minimum absolute atomic E-state index is 0.0114. The van der Waals surface area contributed by atoms with Gasteiger partial charge in [0.15, 0.2) is 0 Å². The predicted octanol–water partition coefficient (Wildman–Crippen LogP) is 5.76. The fourth-order valence-electron chi connectivity index (χ4n) is 2.65. The van der Waals surface area contributed by atoms with Crippen molar-refractivity contribution in [2.24, 2.45) is 0 Å². The third-order valence-corrected chi connectivity index (χ3v) is 4.63. The smallest absolute Gasteiger partial charge is 0.371 e. The second kappa shape index (κ2) is 8.14. The molecule has 0 amide bonds. The standard InChI is InChI=1S/C21H12Cl2O7/c22-11-1-5-15(23)18(7-11)30-19-10-28-17-8-12(2-4-14(17)20(19)24)27-9-13-3-6-16(29-13)21(25)26/h1-8,10H,9H2,(H,25,26). The number of hydrogen-bond donors (Lipinski definition) is 1. The lowest BCUT2D eigenvalue weighted by atomic mass is 10.2. The van der Waals surface area contributed by atoms with Crippen molar-refractivity contribution in [3.05, 3.63) is 86.6 Å². The number of carboxylic acid groups (broad SMARTS) is 1. The van der Waals surface area contributed by atoms with Gasteiger partial charge in [0, 0.05) is 17.2 Å². The third kappa shape index (κ3) is 4.12. The molecule has 9 heteroatoms. The lowest BCUT2D eigenvalue weighted by molar-refractivity contribution is 0.0658. The fraction of sp³-hybridized carbons (Fsp3) is 0.0476. The van der Waals surface area contributed by atoms with Gasteiger partial charge in [0.2, 0.25) is 16.9 Å². The zero-order chi connectivity index (χ0) is 21.3. The van der Waals surface area contributed by atoms with Gasteiger partial charge in [0.05, 0.1) is 10.4 Å². The van der Waals surface area contributed by atoms with Crippen molar-refractivity contribution in [3.8, 4) is 17.2 Å². The molecule has 4 rings (SSSR count). The lowest BCUT2D eigenvalue weighted by Gasteiger charge is -2.09. The first-order valence-corrected chi connectivity index (χ1v) is 9.29. The summed E-state index contributed by atoms with van der Waals surface area (Å²) < 4.78 is 21.8. The largest absolute Gasteiger partial charge is 0.486 e. The number of hydrogen-bond acceptors (Lipinski definition) is 6. The number of ether oxygens (including phenoxy) is 2. The van der Waals surface area contributed by atoms with Crippen LogP contribution in [-0.2, 0) is 6.61 Å². The normalized spacial score (nSPS) is 10.9. The summed E-state index contributed by atoms with van der Waals surface area (Å²) in [6, 6.07) is 12.2. The first kappa shape index (κ1) is 19.9. The minimum Gasteiger partial charge on any atom is -0.486 e. The van der Waals surface area contributed by atoms with E-state index in [1.54, 1.807) is 18.2 Å². The van der Waals surface area contributed by atoms with E-state index in [1.807, 2.05) is 0 Å². The van der Waals surface area contributed by atoms with E-state index in [9.17, 15) is 9.59 Å². The van der Waals surface area contributed by atoms with Crippen LogP contribution < -0.4 is 14.9 Å². The zero-order valence-corrected chi connectivity index (χ0v) is 16.6. The van der Waals surface area contributed by atoms with Crippen LogP contribution in [0.1, 0.15) is 16.3 Å². The van der Waals surface area contributed by atoms with Crippen molar-refractivity contribution in [3.63, 3.8) is 0 Å². The molecule has 2 aromatic heterocycles. The van der Waals surface area contributed by atoms with Gasteiger partial charge in [0.1, 0.15) is 35.7 Å². The second-order valence-corrected chi connectivity index (χ2v) is 6.97. The molecule has 0 unspecified atom stereocenters.